The Labute approximate surface area is 256 Å². The van der Waals surface area contributed by atoms with Crippen LogP contribution in [-0.4, -0.2) is 63.1 Å². The van der Waals surface area contributed by atoms with E-state index in [4.69, 9.17) is 4.74 Å². The third kappa shape index (κ3) is 7.70. The van der Waals surface area contributed by atoms with E-state index < -0.39 is 0 Å². The summed E-state index contributed by atoms with van der Waals surface area (Å²) in [6, 6.07) is 21.8. The molecule has 2 aliphatic heterocycles. The molecule has 0 aromatic heterocycles. The lowest BCUT2D eigenvalue weighted by molar-refractivity contribution is 0.0724. The molecule has 1 N–H and O–H groups in total. The molecule has 5 rings (SSSR count). The van der Waals surface area contributed by atoms with Crippen molar-refractivity contribution in [3.8, 4) is 5.75 Å². The molecule has 228 valence electrons. The summed E-state index contributed by atoms with van der Waals surface area (Å²) in [4.78, 5) is 33.7. The molecule has 43 heavy (non-hydrogen) atoms. The van der Waals surface area contributed by atoms with Crippen LogP contribution in [0.3, 0.4) is 0 Å². The molecule has 2 amide bonds. The van der Waals surface area contributed by atoms with Crippen LogP contribution >= 0.6 is 0 Å². The fourth-order valence-electron chi connectivity index (χ4n) is 6.19. The zero-order valence-electron chi connectivity index (χ0n) is 25.8. The van der Waals surface area contributed by atoms with Crippen molar-refractivity contribution in [2.45, 2.75) is 58.3 Å². The number of likely N-dealkylation sites (tertiary alicyclic amines) is 1. The normalized spacial score (nSPS) is 15.3. The second-order valence-electron chi connectivity index (χ2n) is 11.7. The van der Waals surface area contributed by atoms with Gasteiger partial charge in [0.2, 0.25) is 0 Å². The highest BCUT2D eigenvalue weighted by atomic mass is 16.5. The van der Waals surface area contributed by atoms with Gasteiger partial charge < -0.3 is 24.8 Å². The summed E-state index contributed by atoms with van der Waals surface area (Å²) in [5, 5.41) is 3.06. The Morgan fingerprint density at radius 3 is 2.16 bits per heavy atom. The first-order chi connectivity index (χ1) is 21.1. The quantitative estimate of drug-likeness (QED) is 0.246. The topological polar surface area (TPSA) is 65.1 Å². The third-order valence-electron chi connectivity index (χ3n) is 8.71. The summed E-state index contributed by atoms with van der Waals surface area (Å²) >= 11 is 0. The van der Waals surface area contributed by atoms with Gasteiger partial charge in [0.25, 0.3) is 11.8 Å². The van der Waals surface area contributed by atoms with Gasteiger partial charge in [0.15, 0.2) is 0 Å². The Morgan fingerprint density at radius 1 is 0.767 bits per heavy atom. The minimum Gasteiger partial charge on any atom is -0.495 e. The van der Waals surface area contributed by atoms with Crippen LogP contribution in [0.4, 0.5) is 17.1 Å². The third-order valence-corrected chi connectivity index (χ3v) is 8.71. The van der Waals surface area contributed by atoms with Gasteiger partial charge in [-0.05, 0) is 80.1 Å². The van der Waals surface area contributed by atoms with E-state index in [2.05, 4.69) is 40.2 Å². The van der Waals surface area contributed by atoms with Gasteiger partial charge in [0.1, 0.15) is 5.75 Å². The molecule has 0 bridgehead atoms. The van der Waals surface area contributed by atoms with Crippen LogP contribution in [0.2, 0.25) is 0 Å². The molecule has 0 saturated carbocycles. The van der Waals surface area contributed by atoms with Gasteiger partial charge in [-0.25, -0.2) is 0 Å². The Morgan fingerprint density at radius 2 is 1.47 bits per heavy atom. The molecule has 0 radical (unpaired) electrons. The fraction of sp³-hybridized carbons (Fsp3) is 0.444. The van der Waals surface area contributed by atoms with Crippen LogP contribution in [0.1, 0.15) is 78.1 Å². The van der Waals surface area contributed by atoms with Gasteiger partial charge in [-0.3, -0.25) is 9.59 Å². The fourth-order valence-corrected chi connectivity index (χ4v) is 6.19. The number of nitrogens with zero attached hydrogens (tertiary/aromatic N) is 3. The Balaban J connectivity index is 1.30. The maximum absolute atomic E-state index is 13.9. The van der Waals surface area contributed by atoms with Crippen LogP contribution in [0.25, 0.3) is 0 Å². The van der Waals surface area contributed by atoms with Crippen LogP contribution in [-0.2, 0) is 6.42 Å². The van der Waals surface area contributed by atoms with E-state index in [1.807, 2.05) is 53.4 Å². The van der Waals surface area contributed by atoms with Crippen molar-refractivity contribution in [2.24, 2.45) is 0 Å². The Kier molecular flexibility index (Phi) is 10.6. The molecular formula is C36H46N4O3. The van der Waals surface area contributed by atoms with Gasteiger partial charge >= 0.3 is 0 Å². The zero-order chi connectivity index (χ0) is 30.0. The van der Waals surface area contributed by atoms with Crippen molar-refractivity contribution in [1.29, 1.82) is 0 Å². The lowest BCUT2D eigenvalue weighted by atomic mass is 10.0. The number of para-hydroxylation sites is 2. The molecule has 3 aromatic rings. The molecule has 7 nitrogen and oxygen atoms in total. The average Bonchev–Trinajstić information content (AvgIpc) is 3.07. The molecule has 7 heteroatoms. The predicted octanol–water partition coefficient (Wildman–Crippen LogP) is 7.02. The monoisotopic (exact) mass is 582 g/mol. The van der Waals surface area contributed by atoms with Crippen molar-refractivity contribution in [3.05, 3.63) is 83.4 Å². The molecular weight excluding hydrogens is 536 g/mol. The molecule has 0 unspecified atom stereocenters. The number of benzene rings is 3. The second kappa shape index (κ2) is 14.9. The Hall–Kier alpha value is -4.00. The molecule has 2 aliphatic rings. The molecule has 2 heterocycles. The molecule has 3 aromatic carbocycles. The first-order valence-electron chi connectivity index (χ1n) is 16.0. The van der Waals surface area contributed by atoms with Crippen molar-refractivity contribution in [1.82, 2.24) is 4.90 Å². The number of hydrogen-bond donors (Lipinski definition) is 1. The van der Waals surface area contributed by atoms with Crippen molar-refractivity contribution < 1.29 is 14.3 Å². The van der Waals surface area contributed by atoms with Crippen LogP contribution < -0.4 is 19.9 Å². The number of methoxy groups -OCH3 is 1. The number of aryl methyl sites for hydroxylation is 1. The second-order valence-corrected chi connectivity index (χ2v) is 11.7. The van der Waals surface area contributed by atoms with Gasteiger partial charge in [0.05, 0.1) is 18.4 Å². The standard InChI is InChI=1S/C36H46N4O3/c1-3-4-5-7-12-28-15-17-29(18-16-28)35(41)37-30-19-20-32(31(27-30)36(42)40-21-10-6-11-22-40)38-23-25-39(26-24-38)33-13-8-9-14-34(33)43-2/h8-9,13-20,27H,3-7,10-12,21-26H2,1-2H3,(H,37,41). The minimum atomic E-state index is -0.160. The molecule has 2 fully saturated rings. The van der Waals surface area contributed by atoms with Crippen LogP contribution in [0.5, 0.6) is 5.75 Å². The summed E-state index contributed by atoms with van der Waals surface area (Å²) in [5.41, 5.74) is 5.21. The SMILES string of the molecule is CCCCCCc1ccc(C(=O)Nc2ccc(N3CCN(c4ccccc4OC)CC3)c(C(=O)N3CCCCC3)c2)cc1. The molecule has 0 aliphatic carbocycles. The number of nitrogens with one attached hydrogen (secondary N) is 1. The smallest absolute Gasteiger partial charge is 0.256 e. The minimum absolute atomic E-state index is 0.0467. The number of amides is 2. The number of piperidine rings is 1. The summed E-state index contributed by atoms with van der Waals surface area (Å²) in [6.45, 7) is 7.00. The van der Waals surface area contributed by atoms with E-state index in [1.165, 1.54) is 31.2 Å². The van der Waals surface area contributed by atoms with E-state index in [1.54, 1.807) is 7.11 Å². The maximum atomic E-state index is 13.9. The van der Waals surface area contributed by atoms with E-state index in [-0.39, 0.29) is 11.8 Å². The van der Waals surface area contributed by atoms with Crippen LogP contribution in [0, 0.1) is 0 Å². The van der Waals surface area contributed by atoms with E-state index in [0.717, 1.165) is 82.1 Å². The van der Waals surface area contributed by atoms with E-state index >= 15 is 0 Å². The molecule has 0 atom stereocenters. The molecule has 2 saturated heterocycles. The van der Waals surface area contributed by atoms with E-state index in [0.29, 0.717) is 16.8 Å². The highest BCUT2D eigenvalue weighted by Gasteiger charge is 2.27. The first kappa shape index (κ1) is 30.5. The average molecular weight is 583 g/mol. The summed E-state index contributed by atoms with van der Waals surface area (Å²) in [5.74, 6) is 0.760. The predicted molar refractivity (Wildman–Crippen MR) is 176 cm³/mol. The van der Waals surface area contributed by atoms with Crippen molar-refractivity contribution >= 4 is 28.9 Å². The van der Waals surface area contributed by atoms with Crippen LogP contribution in [0.15, 0.2) is 66.7 Å². The summed E-state index contributed by atoms with van der Waals surface area (Å²) < 4.78 is 5.59. The van der Waals surface area contributed by atoms with Gasteiger partial charge in [-0.15, -0.1) is 0 Å². The van der Waals surface area contributed by atoms with Crippen molar-refractivity contribution in [3.63, 3.8) is 0 Å². The highest BCUT2D eigenvalue weighted by Crippen LogP contribution is 2.32. The summed E-state index contributed by atoms with van der Waals surface area (Å²) in [6.07, 6.45) is 9.17. The maximum Gasteiger partial charge on any atom is 0.256 e. The summed E-state index contributed by atoms with van der Waals surface area (Å²) in [7, 11) is 1.71. The first-order valence-corrected chi connectivity index (χ1v) is 16.0. The Bertz CT molecular complexity index is 1360. The number of rotatable bonds is 11. The van der Waals surface area contributed by atoms with Gasteiger partial charge in [0, 0.05) is 56.2 Å². The number of ether oxygens (including phenoxy) is 1. The highest BCUT2D eigenvalue weighted by molar-refractivity contribution is 6.06. The van der Waals surface area contributed by atoms with Crippen molar-refractivity contribution in [2.75, 3.05) is 61.5 Å². The number of anilines is 3. The number of piperazine rings is 1. The largest absolute Gasteiger partial charge is 0.495 e. The molecule has 0 spiro atoms. The lowest BCUT2D eigenvalue weighted by Crippen LogP contribution is -2.47. The number of carbonyl (C=O) groups is 2. The number of carbonyl (C=O) groups excluding carboxylic acids is 2. The van der Waals surface area contributed by atoms with E-state index in [9.17, 15) is 9.59 Å². The number of hydrogen-bond acceptors (Lipinski definition) is 5. The zero-order valence-corrected chi connectivity index (χ0v) is 25.8. The lowest BCUT2D eigenvalue weighted by Gasteiger charge is -2.39. The van der Waals surface area contributed by atoms with Gasteiger partial charge in [-0.2, -0.15) is 0 Å². The van der Waals surface area contributed by atoms with Gasteiger partial charge in [-0.1, -0.05) is 50.5 Å². The number of unbranched alkanes of at least 4 members (excludes halogenated alkanes) is 3.